The van der Waals surface area contributed by atoms with E-state index in [1.165, 1.54) is 5.56 Å². The molecule has 0 heterocycles. The molecule has 0 amide bonds. The van der Waals surface area contributed by atoms with E-state index < -0.39 is 0 Å². The minimum atomic E-state index is 0.0473. The Hall–Kier alpha value is -1.09. The fourth-order valence-corrected chi connectivity index (χ4v) is 1.64. The lowest BCUT2D eigenvalue weighted by Crippen LogP contribution is -2.31. The Labute approximate surface area is 103 Å². The summed E-state index contributed by atoms with van der Waals surface area (Å²) in [6.45, 7) is 8.56. The number of benzene rings is 1. The lowest BCUT2D eigenvalue weighted by molar-refractivity contribution is 0.547. The van der Waals surface area contributed by atoms with Gasteiger partial charge in [-0.1, -0.05) is 31.3 Å². The zero-order valence-corrected chi connectivity index (χ0v) is 11.2. The molecule has 16 heavy (non-hydrogen) atoms. The highest BCUT2D eigenvalue weighted by Gasteiger charge is 2.18. The average Bonchev–Trinajstić information content (AvgIpc) is 2.20. The van der Waals surface area contributed by atoms with Crippen LogP contribution in [0.1, 0.15) is 38.3 Å². The molecule has 3 heteroatoms. The van der Waals surface area contributed by atoms with Crippen molar-refractivity contribution in [2.24, 2.45) is 5.73 Å². The maximum Gasteiger partial charge on any atom is 0.106 e. The van der Waals surface area contributed by atoms with E-state index in [9.17, 15) is 0 Å². The maximum atomic E-state index is 5.74. The molecule has 0 fully saturated rings. The van der Waals surface area contributed by atoms with Crippen molar-refractivity contribution in [1.29, 1.82) is 0 Å². The van der Waals surface area contributed by atoms with E-state index in [0.717, 1.165) is 17.7 Å². The fourth-order valence-electron chi connectivity index (χ4n) is 1.47. The minimum absolute atomic E-state index is 0.0473. The van der Waals surface area contributed by atoms with Crippen LogP contribution >= 0.6 is 12.2 Å². The molecule has 2 nitrogen and oxygen atoms in total. The van der Waals surface area contributed by atoms with Crippen LogP contribution in [0.4, 0.5) is 5.69 Å². The molecule has 0 aliphatic heterocycles. The van der Waals surface area contributed by atoms with Crippen LogP contribution < -0.4 is 11.1 Å². The van der Waals surface area contributed by atoms with Gasteiger partial charge in [-0.05, 0) is 38.8 Å². The smallest absolute Gasteiger partial charge is 0.106 e. The van der Waals surface area contributed by atoms with Gasteiger partial charge >= 0.3 is 0 Å². The molecule has 0 saturated heterocycles. The predicted octanol–water partition coefficient (Wildman–Crippen LogP) is 3.23. The fraction of sp³-hybridized carbons (Fsp3) is 0.462. The van der Waals surface area contributed by atoms with Crippen LogP contribution in [0.25, 0.3) is 0 Å². The molecule has 0 spiro atoms. The predicted molar refractivity (Wildman–Crippen MR) is 75.1 cm³/mol. The SMILES string of the molecule is CCC(C)(C)Nc1c(C)cccc1C(N)=S. The second kappa shape index (κ2) is 4.83. The van der Waals surface area contributed by atoms with Crippen LogP contribution in [0.15, 0.2) is 18.2 Å². The van der Waals surface area contributed by atoms with Crippen LogP contribution in [0, 0.1) is 6.92 Å². The Kier molecular flexibility index (Phi) is 3.92. The van der Waals surface area contributed by atoms with E-state index in [4.69, 9.17) is 18.0 Å². The van der Waals surface area contributed by atoms with E-state index in [2.05, 4.69) is 39.1 Å². The Balaban J connectivity index is 3.16. The average molecular weight is 236 g/mol. The van der Waals surface area contributed by atoms with Crippen molar-refractivity contribution in [3.63, 3.8) is 0 Å². The number of rotatable bonds is 4. The molecule has 0 aromatic heterocycles. The number of para-hydroxylation sites is 1. The largest absolute Gasteiger partial charge is 0.389 e. The number of hydrogen-bond acceptors (Lipinski definition) is 2. The number of hydrogen-bond donors (Lipinski definition) is 2. The molecule has 0 radical (unpaired) electrons. The van der Waals surface area contributed by atoms with Crippen molar-refractivity contribution in [2.75, 3.05) is 5.32 Å². The topological polar surface area (TPSA) is 38.0 Å². The third-order valence-corrected chi connectivity index (χ3v) is 3.11. The van der Waals surface area contributed by atoms with Crippen LogP contribution in [-0.4, -0.2) is 10.5 Å². The highest BCUT2D eigenvalue weighted by molar-refractivity contribution is 7.80. The second-order valence-electron chi connectivity index (χ2n) is 4.72. The summed E-state index contributed by atoms with van der Waals surface area (Å²) in [6, 6.07) is 6.01. The Morgan fingerprint density at radius 3 is 2.56 bits per heavy atom. The first kappa shape index (κ1) is 13.0. The number of thiocarbonyl (C=S) groups is 1. The molecule has 0 aliphatic rings. The molecule has 0 unspecified atom stereocenters. The van der Waals surface area contributed by atoms with Gasteiger partial charge in [0.2, 0.25) is 0 Å². The summed E-state index contributed by atoms with van der Waals surface area (Å²) >= 11 is 5.07. The molecule has 1 rings (SSSR count). The lowest BCUT2D eigenvalue weighted by Gasteiger charge is -2.28. The van der Waals surface area contributed by atoms with Gasteiger partial charge in [-0.25, -0.2) is 0 Å². The van der Waals surface area contributed by atoms with Crippen LogP contribution in [0.2, 0.25) is 0 Å². The third-order valence-electron chi connectivity index (χ3n) is 2.89. The summed E-state index contributed by atoms with van der Waals surface area (Å²) < 4.78 is 0. The summed E-state index contributed by atoms with van der Waals surface area (Å²) in [5.74, 6) is 0. The number of nitrogens with two attached hydrogens (primary N) is 1. The van der Waals surface area contributed by atoms with Gasteiger partial charge in [-0.3, -0.25) is 0 Å². The summed E-state index contributed by atoms with van der Waals surface area (Å²) in [5, 5.41) is 3.52. The molecule has 0 bridgehead atoms. The van der Waals surface area contributed by atoms with Crippen molar-refractivity contribution in [1.82, 2.24) is 0 Å². The maximum absolute atomic E-state index is 5.74. The zero-order valence-electron chi connectivity index (χ0n) is 10.4. The summed E-state index contributed by atoms with van der Waals surface area (Å²) in [5.41, 5.74) is 8.94. The molecule has 3 N–H and O–H groups in total. The van der Waals surface area contributed by atoms with Crippen molar-refractivity contribution in [2.45, 2.75) is 39.7 Å². The first-order valence-electron chi connectivity index (χ1n) is 5.55. The first-order valence-corrected chi connectivity index (χ1v) is 5.96. The van der Waals surface area contributed by atoms with E-state index in [1.54, 1.807) is 0 Å². The highest BCUT2D eigenvalue weighted by atomic mass is 32.1. The molecule has 0 saturated carbocycles. The van der Waals surface area contributed by atoms with Crippen molar-refractivity contribution >= 4 is 22.9 Å². The van der Waals surface area contributed by atoms with Gasteiger partial charge < -0.3 is 11.1 Å². The van der Waals surface area contributed by atoms with Gasteiger partial charge in [-0.2, -0.15) is 0 Å². The van der Waals surface area contributed by atoms with Gasteiger partial charge in [0.1, 0.15) is 4.99 Å². The summed E-state index contributed by atoms with van der Waals surface area (Å²) in [4.78, 5) is 0.443. The van der Waals surface area contributed by atoms with Crippen molar-refractivity contribution < 1.29 is 0 Å². The van der Waals surface area contributed by atoms with Crippen molar-refractivity contribution in [3.8, 4) is 0 Å². The van der Waals surface area contributed by atoms with Gasteiger partial charge in [0.05, 0.1) is 0 Å². The Morgan fingerprint density at radius 1 is 1.44 bits per heavy atom. The lowest BCUT2D eigenvalue weighted by atomic mass is 9.99. The molecule has 0 atom stereocenters. The highest BCUT2D eigenvalue weighted by Crippen LogP contribution is 2.25. The van der Waals surface area contributed by atoms with Gasteiger partial charge in [-0.15, -0.1) is 0 Å². The zero-order chi connectivity index (χ0) is 12.3. The standard InChI is InChI=1S/C13H20N2S/c1-5-13(3,4)15-11-9(2)7-6-8-10(11)12(14)16/h6-8,15H,5H2,1-4H3,(H2,14,16). The van der Waals surface area contributed by atoms with Crippen molar-refractivity contribution in [3.05, 3.63) is 29.3 Å². The van der Waals surface area contributed by atoms with Crippen LogP contribution in [0.5, 0.6) is 0 Å². The molecule has 88 valence electrons. The second-order valence-corrected chi connectivity index (χ2v) is 5.16. The first-order chi connectivity index (χ1) is 7.37. The number of aryl methyl sites for hydroxylation is 1. The van der Waals surface area contributed by atoms with E-state index >= 15 is 0 Å². The van der Waals surface area contributed by atoms with Crippen LogP contribution in [-0.2, 0) is 0 Å². The number of nitrogens with one attached hydrogen (secondary N) is 1. The molecule has 0 aliphatic carbocycles. The number of anilines is 1. The molecule has 1 aromatic carbocycles. The minimum Gasteiger partial charge on any atom is -0.389 e. The summed E-state index contributed by atoms with van der Waals surface area (Å²) in [7, 11) is 0. The van der Waals surface area contributed by atoms with Gasteiger partial charge in [0.25, 0.3) is 0 Å². The summed E-state index contributed by atoms with van der Waals surface area (Å²) in [6.07, 6.45) is 1.04. The Bertz CT molecular complexity index is 397. The normalized spacial score (nSPS) is 11.2. The van der Waals surface area contributed by atoms with Gasteiger partial charge in [0, 0.05) is 16.8 Å². The van der Waals surface area contributed by atoms with E-state index in [0.29, 0.717) is 4.99 Å². The van der Waals surface area contributed by atoms with Crippen LogP contribution in [0.3, 0.4) is 0 Å². The molecular formula is C13H20N2S. The monoisotopic (exact) mass is 236 g/mol. The Morgan fingerprint density at radius 2 is 2.06 bits per heavy atom. The van der Waals surface area contributed by atoms with E-state index in [-0.39, 0.29) is 5.54 Å². The third kappa shape index (κ3) is 2.95. The molecular weight excluding hydrogens is 216 g/mol. The molecule has 1 aromatic rings. The van der Waals surface area contributed by atoms with Gasteiger partial charge in [0.15, 0.2) is 0 Å². The van der Waals surface area contributed by atoms with E-state index in [1.807, 2.05) is 12.1 Å². The quantitative estimate of drug-likeness (QED) is 0.788.